The third kappa shape index (κ3) is 6.66. The van der Waals surface area contributed by atoms with Gasteiger partial charge in [-0.25, -0.2) is 14.8 Å². The maximum Gasteiger partial charge on any atom is 0.319 e. The van der Waals surface area contributed by atoms with Crippen molar-refractivity contribution in [3.63, 3.8) is 0 Å². The molecule has 2 aliphatic heterocycles. The van der Waals surface area contributed by atoms with E-state index in [1.54, 1.807) is 10.9 Å². The van der Waals surface area contributed by atoms with Gasteiger partial charge in [-0.3, -0.25) is 9.58 Å². The Hall–Kier alpha value is -3.54. The van der Waals surface area contributed by atoms with Crippen molar-refractivity contribution in [1.29, 1.82) is 0 Å². The molecule has 1 atom stereocenters. The lowest BCUT2D eigenvalue weighted by molar-refractivity contribution is 0.0985. The molecule has 5 rings (SSSR count). The van der Waals surface area contributed by atoms with E-state index in [1.165, 1.54) is 0 Å². The lowest BCUT2D eigenvalue weighted by Gasteiger charge is -2.35. The van der Waals surface area contributed by atoms with Gasteiger partial charge in [0.15, 0.2) is 5.82 Å². The Balaban J connectivity index is 1.30. The smallest absolute Gasteiger partial charge is 0.319 e. The molecule has 2 aliphatic rings. The first-order valence-corrected chi connectivity index (χ1v) is 13.2. The fourth-order valence-corrected chi connectivity index (χ4v) is 4.77. The van der Waals surface area contributed by atoms with E-state index in [-0.39, 0.29) is 12.1 Å². The van der Waals surface area contributed by atoms with Crippen LogP contribution in [0.3, 0.4) is 0 Å². The molecule has 2 N–H and O–H groups in total. The number of urea groups is 1. The van der Waals surface area contributed by atoms with Crippen LogP contribution in [0.25, 0.3) is 11.4 Å². The number of nitrogens with one attached hydrogen (secondary N) is 2. The molecule has 2 saturated heterocycles. The molecule has 4 heterocycles. The molecule has 1 aromatic carbocycles. The highest BCUT2D eigenvalue weighted by atomic mass is 16.5. The topological polar surface area (TPSA) is 104 Å². The summed E-state index contributed by atoms with van der Waals surface area (Å²) in [5, 5.41) is 9.86. The minimum Gasteiger partial charge on any atom is -0.377 e. The Bertz CT molecular complexity index is 1220. The molecular formula is C27H37N9O2. The van der Waals surface area contributed by atoms with E-state index in [4.69, 9.17) is 14.7 Å². The maximum atomic E-state index is 12.4. The van der Waals surface area contributed by atoms with E-state index in [1.807, 2.05) is 37.5 Å². The lowest BCUT2D eigenvalue weighted by Crippen LogP contribution is -2.45. The average Bonchev–Trinajstić information content (AvgIpc) is 3.34. The molecule has 3 aromatic rings. The van der Waals surface area contributed by atoms with Crippen LogP contribution in [0, 0.1) is 0 Å². The Morgan fingerprint density at radius 3 is 2.58 bits per heavy atom. The third-order valence-electron chi connectivity index (χ3n) is 7.02. The number of likely N-dealkylation sites (N-methyl/N-ethyl adjacent to an activating group) is 1. The summed E-state index contributed by atoms with van der Waals surface area (Å²) in [6, 6.07) is 9.79. The molecule has 0 bridgehead atoms. The van der Waals surface area contributed by atoms with Crippen LogP contribution in [-0.4, -0.2) is 94.6 Å². The number of carbonyl (C=O) groups is 1. The van der Waals surface area contributed by atoms with Crippen molar-refractivity contribution >= 4 is 17.5 Å². The molecule has 2 fully saturated rings. The van der Waals surface area contributed by atoms with E-state index in [2.05, 4.69) is 50.5 Å². The number of carbonyl (C=O) groups excluding carboxylic acids is 1. The number of hydrogen-bond donors (Lipinski definition) is 2. The molecule has 0 unspecified atom stereocenters. The minimum absolute atomic E-state index is 0.250. The monoisotopic (exact) mass is 519 g/mol. The number of hydrogen-bond acceptors (Lipinski definition) is 8. The lowest BCUT2D eigenvalue weighted by atomic mass is 10.1. The molecule has 0 radical (unpaired) electrons. The minimum atomic E-state index is -0.268. The van der Waals surface area contributed by atoms with Crippen LogP contribution in [0.2, 0.25) is 0 Å². The summed E-state index contributed by atoms with van der Waals surface area (Å²) in [7, 11) is 4.02. The van der Waals surface area contributed by atoms with Crippen LogP contribution in [0.5, 0.6) is 0 Å². The van der Waals surface area contributed by atoms with E-state index in [9.17, 15) is 4.79 Å². The van der Waals surface area contributed by atoms with Crippen molar-refractivity contribution < 1.29 is 9.53 Å². The number of aryl methyl sites for hydroxylation is 1. The Morgan fingerprint density at radius 1 is 1.08 bits per heavy atom. The first-order chi connectivity index (χ1) is 18.4. The molecule has 38 heavy (non-hydrogen) atoms. The van der Waals surface area contributed by atoms with Crippen LogP contribution in [0.1, 0.15) is 18.2 Å². The number of anilines is 2. The quantitative estimate of drug-likeness (QED) is 0.490. The van der Waals surface area contributed by atoms with Gasteiger partial charge in [-0.1, -0.05) is 0 Å². The van der Waals surface area contributed by atoms with Crippen molar-refractivity contribution in [1.82, 2.24) is 34.9 Å². The molecule has 11 heteroatoms. The second-order valence-electron chi connectivity index (χ2n) is 10.1. The Labute approximate surface area is 223 Å². The number of amides is 2. The number of benzene rings is 1. The molecule has 0 saturated carbocycles. The fraction of sp³-hybridized carbons (Fsp3) is 0.481. The Kier molecular flexibility index (Phi) is 8.16. The molecule has 11 nitrogen and oxygen atoms in total. The highest BCUT2D eigenvalue weighted by Crippen LogP contribution is 2.25. The van der Waals surface area contributed by atoms with Gasteiger partial charge in [0.2, 0.25) is 0 Å². The van der Waals surface area contributed by atoms with Crippen molar-refractivity contribution in [3.05, 3.63) is 54.0 Å². The second-order valence-corrected chi connectivity index (χ2v) is 10.1. The molecule has 0 spiro atoms. The van der Waals surface area contributed by atoms with Crippen molar-refractivity contribution in [2.45, 2.75) is 26.1 Å². The average molecular weight is 520 g/mol. The molecular weight excluding hydrogens is 482 g/mol. The van der Waals surface area contributed by atoms with E-state index >= 15 is 0 Å². The standard InChI is InChI=1S/C27H37N9O2/c1-20-19-38-13-12-36(20)25-14-24(18-35-10-8-33(2)9-11-35)30-26(32-25)22-4-6-23(7-5-22)31-27(37)28-15-21-16-29-34(3)17-21/h4-7,14,16-17,20H,8-13,15,18-19H2,1-3H3,(H2,28,31,37)/t20-/m0/s1. The second kappa shape index (κ2) is 11.9. The number of piperazine rings is 1. The van der Waals surface area contributed by atoms with Gasteiger partial charge in [0, 0.05) is 81.9 Å². The first kappa shape index (κ1) is 26.1. The van der Waals surface area contributed by atoms with Crippen molar-refractivity contribution in [3.8, 4) is 11.4 Å². The van der Waals surface area contributed by atoms with Crippen LogP contribution in [0.4, 0.5) is 16.3 Å². The SMILES string of the molecule is C[C@H]1COCCN1c1cc(CN2CCN(C)CC2)nc(-c2ccc(NC(=O)NCc3cnn(C)c3)cc2)n1. The highest BCUT2D eigenvalue weighted by molar-refractivity contribution is 5.89. The predicted octanol–water partition coefficient (Wildman–Crippen LogP) is 2.17. The summed E-state index contributed by atoms with van der Waals surface area (Å²) in [6.07, 6.45) is 3.61. The molecule has 0 aliphatic carbocycles. The van der Waals surface area contributed by atoms with Crippen molar-refractivity contribution in [2.24, 2.45) is 7.05 Å². The summed E-state index contributed by atoms with van der Waals surface area (Å²) in [4.78, 5) is 29.4. The van der Waals surface area contributed by atoms with Gasteiger partial charge in [-0.2, -0.15) is 5.10 Å². The number of nitrogens with zero attached hydrogens (tertiary/aromatic N) is 7. The van der Waals surface area contributed by atoms with Crippen LogP contribution < -0.4 is 15.5 Å². The summed E-state index contributed by atoms with van der Waals surface area (Å²) in [6.45, 7) is 9.76. The van der Waals surface area contributed by atoms with E-state index in [0.29, 0.717) is 31.3 Å². The zero-order valence-corrected chi connectivity index (χ0v) is 22.4. The van der Waals surface area contributed by atoms with E-state index in [0.717, 1.165) is 61.9 Å². The normalized spacial score (nSPS) is 18.9. The van der Waals surface area contributed by atoms with Gasteiger partial charge < -0.3 is 25.2 Å². The third-order valence-corrected chi connectivity index (χ3v) is 7.02. The molecule has 2 aromatic heterocycles. The van der Waals surface area contributed by atoms with Crippen LogP contribution in [0.15, 0.2) is 42.7 Å². The summed E-state index contributed by atoms with van der Waals surface area (Å²) >= 11 is 0. The van der Waals surface area contributed by atoms with Gasteiger partial charge in [-0.15, -0.1) is 0 Å². The largest absolute Gasteiger partial charge is 0.377 e. The molecule has 202 valence electrons. The number of aromatic nitrogens is 4. The Morgan fingerprint density at radius 2 is 1.87 bits per heavy atom. The predicted molar refractivity (Wildman–Crippen MR) is 147 cm³/mol. The van der Waals surface area contributed by atoms with Crippen LogP contribution in [-0.2, 0) is 24.9 Å². The van der Waals surface area contributed by atoms with Gasteiger partial charge in [0.05, 0.1) is 31.1 Å². The first-order valence-electron chi connectivity index (χ1n) is 13.2. The zero-order valence-electron chi connectivity index (χ0n) is 22.4. The summed E-state index contributed by atoms with van der Waals surface area (Å²) < 4.78 is 7.37. The fourth-order valence-electron chi connectivity index (χ4n) is 4.77. The number of morpholine rings is 1. The summed E-state index contributed by atoms with van der Waals surface area (Å²) in [5.41, 5.74) is 3.57. The van der Waals surface area contributed by atoms with Gasteiger partial charge >= 0.3 is 6.03 Å². The summed E-state index contributed by atoms with van der Waals surface area (Å²) in [5.74, 6) is 1.63. The number of ether oxygens (including phenoxy) is 1. The highest BCUT2D eigenvalue weighted by Gasteiger charge is 2.23. The van der Waals surface area contributed by atoms with Gasteiger partial charge in [0.25, 0.3) is 0 Å². The molecule has 2 amide bonds. The van der Waals surface area contributed by atoms with Crippen LogP contribution >= 0.6 is 0 Å². The van der Waals surface area contributed by atoms with E-state index < -0.39 is 0 Å². The maximum absolute atomic E-state index is 12.4. The van der Waals surface area contributed by atoms with Gasteiger partial charge in [0.1, 0.15) is 5.82 Å². The zero-order chi connectivity index (χ0) is 26.5. The van der Waals surface area contributed by atoms with Crippen molar-refractivity contribution in [2.75, 3.05) is 63.2 Å². The number of rotatable bonds is 7. The van der Waals surface area contributed by atoms with Gasteiger partial charge in [-0.05, 0) is 38.2 Å².